The normalized spacial score (nSPS) is 23.2. The molecule has 20 heavy (non-hydrogen) atoms. The topological polar surface area (TPSA) is 66.4 Å². The molecule has 1 aliphatic rings. The number of nitrogens with one attached hydrogen (secondary N) is 1. The van der Waals surface area contributed by atoms with E-state index >= 15 is 0 Å². The third kappa shape index (κ3) is 2.42. The van der Waals surface area contributed by atoms with Crippen molar-refractivity contribution in [3.05, 3.63) is 28.2 Å². The van der Waals surface area contributed by atoms with E-state index in [2.05, 4.69) is 21.2 Å². The summed E-state index contributed by atoms with van der Waals surface area (Å²) in [5.74, 6) is -4.87. The summed E-state index contributed by atoms with van der Waals surface area (Å²) in [5, 5.41) is 11.3. The summed E-state index contributed by atoms with van der Waals surface area (Å²) >= 11 is 2.89. The summed E-state index contributed by atoms with van der Waals surface area (Å²) in [7, 11) is 0. The Kier molecular flexibility index (Phi) is 3.58. The minimum atomic E-state index is -1.06. The van der Waals surface area contributed by atoms with Crippen LogP contribution in [0.25, 0.3) is 0 Å². The highest BCUT2D eigenvalue weighted by Gasteiger charge is 2.65. The zero-order valence-corrected chi connectivity index (χ0v) is 12.3. The van der Waals surface area contributed by atoms with Gasteiger partial charge in [0.15, 0.2) is 0 Å². The van der Waals surface area contributed by atoms with E-state index in [1.807, 2.05) is 0 Å². The smallest absolute Gasteiger partial charge is 0.307 e. The molecule has 0 radical (unpaired) electrons. The first-order valence-electron chi connectivity index (χ1n) is 5.84. The fourth-order valence-electron chi connectivity index (χ4n) is 2.42. The van der Waals surface area contributed by atoms with Crippen LogP contribution in [0.4, 0.5) is 14.5 Å². The highest BCUT2D eigenvalue weighted by Crippen LogP contribution is 2.58. The maximum Gasteiger partial charge on any atom is 0.307 e. The van der Waals surface area contributed by atoms with Gasteiger partial charge in [-0.2, -0.15) is 0 Å². The van der Waals surface area contributed by atoms with Crippen molar-refractivity contribution in [3.8, 4) is 0 Å². The second-order valence-corrected chi connectivity index (χ2v) is 6.20. The van der Waals surface area contributed by atoms with Gasteiger partial charge < -0.3 is 10.4 Å². The highest BCUT2D eigenvalue weighted by atomic mass is 79.9. The van der Waals surface area contributed by atoms with E-state index in [1.165, 1.54) is 0 Å². The fraction of sp³-hybridized carbons (Fsp3) is 0.385. The number of amides is 1. The zero-order chi connectivity index (χ0) is 15.2. The van der Waals surface area contributed by atoms with Gasteiger partial charge in [0.05, 0.1) is 22.0 Å². The van der Waals surface area contributed by atoms with Crippen LogP contribution in [0, 0.1) is 28.9 Å². The first-order valence-corrected chi connectivity index (χ1v) is 6.63. The molecule has 0 aromatic heterocycles. The van der Waals surface area contributed by atoms with E-state index in [1.54, 1.807) is 13.8 Å². The van der Waals surface area contributed by atoms with Gasteiger partial charge in [-0.25, -0.2) is 8.78 Å². The van der Waals surface area contributed by atoms with Gasteiger partial charge in [-0.15, -0.1) is 0 Å². The van der Waals surface area contributed by atoms with E-state index in [-0.39, 0.29) is 10.2 Å². The Morgan fingerprint density at radius 1 is 1.25 bits per heavy atom. The van der Waals surface area contributed by atoms with E-state index in [0.29, 0.717) is 6.07 Å². The Labute approximate surface area is 122 Å². The maximum atomic E-state index is 13.5. The quantitative estimate of drug-likeness (QED) is 0.826. The first-order chi connectivity index (χ1) is 9.16. The van der Waals surface area contributed by atoms with Crippen LogP contribution in [0.1, 0.15) is 13.8 Å². The fourth-order valence-corrected chi connectivity index (χ4v) is 2.76. The molecule has 2 N–H and O–H groups in total. The van der Waals surface area contributed by atoms with Gasteiger partial charge in [0.1, 0.15) is 11.6 Å². The second kappa shape index (κ2) is 4.80. The number of carbonyl (C=O) groups excluding carboxylic acids is 1. The number of hydrogen-bond acceptors (Lipinski definition) is 2. The molecule has 1 aromatic rings. The molecule has 2 rings (SSSR count). The van der Waals surface area contributed by atoms with Crippen molar-refractivity contribution in [1.29, 1.82) is 0 Å². The lowest BCUT2D eigenvalue weighted by Crippen LogP contribution is -2.18. The van der Waals surface area contributed by atoms with Crippen LogP contribution in [0.15, 0.2) is 16.6 Å². The van der Waals surface area contributed by atoms with Crippen LogP contribution in [0.5, 0.6) is 0 Å². The molecule has 1 aromatic carbocycles. The van der Waals surface area contributed by atoms with Gasteiger partial charge in [-0.1, -0.05) is 13.8 Å². The molecule has 0 aliphatic heterocycles. The molecule has 1 aliphatic carbocycles. The number of carbonyl (C=O) groups is 2. The average molecular weight is 348 g/mol. The Hall–Kier alpha value is -1.50. The number of anilines is 1. The molecular weight excluding hydrogens is 336 g/mol. The van der Waals surface area contributed by atoms with Crippen molar-refractivity contribution < 1.29 is 23.5 Å². The Balaban J connectivity index is 2.18. The van der Waals surface area contributed by atoms with E-state index < -0.39 is 40.8 Å². The van der Waals surface area contributed by atoms with Gasteiger partial charge >= 0.3 is 5.97 Å². The number of carboxylic acids is 1. The number of carboxylic acid groups (broad SMARTS) is 1. The molecule has 7 heteroatoms. The largest absolute Gasteiger partial charge is 0.481 e. The summed E-state index contributed by atoms with van der Waals surface area (Å²) in [5.41, 5.74) is -0.862. The lowest BCUT2D eigenvalue weighted by molar-refractivity contribution is -0.140. The Morgan fingerprint density at radius 3 is 2.35 bits per heavy atom. The molecule has 0 unspecified atom stereocenters. The standard InChI is InChI=1S/C13H12BrF2NO3/c1-13(2)9(10(13)12(19)20)11(18)17-8-3-5(14)6(15)4-7(8)16/h3-4,9-10H,1-2H3,(H,17,18)(H,19,20)/t9-,10+/m1/s1. The van der Waals surface area contributed by atoms with Gasteiger partial charge in [-0.05, 0) is 27.4 Å². The molecule has 0 spiro atoms. The lowest BCUT2D eigenvalue weighted by atomic mass is 10.1. The Morgan fingerprint density at radius 2 is 1.85 bits per heavy atom. The zero-order valence-electron chi connectivity index (χ0n) is 10.7. The molecule has 0 saturated heterocycles. The number of halogens is 3. The predicted octanol–water partition coefficient (Wildman–Crippen LogP) is 3.02. The predicted molar refractivity (Wildman–Crippen MR) is 71.1 cm³/mol. The van der Waals surface area contributed by atoms with Crippen LogP contribution in [-0.4, -0.2) is 17.0 Å². The lowest BCUT2D eigenvalue weighted by Gasteiger charge is -2.08. The van der Waals surface area contributed by atoms with Gasteiger partial charge in [-0.3, -0.25) is 9.59 Å². The summed E-state index contributed by atoms with van der Waals surface area (Å²) in [4.78, 5) is 23.0. The summed E-state index contributed by atoms with van der Waals surface area (Å²) in [6.07, 6.45) is 0. The molecular formula is C13H12BrF2NO3. The monoisotopic (exact) mass is 347 g/mol. The second-order valence-electron chi connectivity index (χ2n) is 5.35. The number of aliphatic carboxylic acids is 1. The van der Waals surface area contributed by atoms with E-state index in [0.717, 1.165) is 6.07 Å². The van der Waals surface area contributed by atoms with Crippen LogP contribution >= 0.6 is 15.9 Å². The van der Waals surface area contributed by atoms with Crippen LogP contribution in [0.2, 0.25) is 0 Å². The molecule has 0 bridgehead atoms. The van der Waals surface area contributed by atoms with Crippen LogP contribution in [0.3, 0.4) is 0 Å². The molecule has 1 saturated carbocycles. The number of benzene rings is 1. The van der Waals surface area contributed by atoms with Crippen molar-refractivity contribution in [3.63, 3.8) is 0 Å². The van der Waals surface area contributed by atoms with Gasteiger partial charge in [0, 0.05) is 6.07 Å². The Bertz CT molecular complexity index is 604. The molecule has 1 amide bonds. The average Bonchev–Trinajstić information content (AvgIpc) is 2.89. The molecule has 108 valence electrons. The number of hydrogen-bond donors (Lipinski definition) is 2. The SMILES string of the molecule is CC1(C)[C@H](C(=O)O)[C@@H]1C(=O)Nc1cc(Br)c(F)cc1F. The van der Waals surface area contributed by atoms with Gasteiger partial charge in [0.2, 0.25) is 5.91 Å². The minimum Gasteiger partial charge on any atom is -0.481 e. The molecule has 4 nitrogen and oxygen atoms in total. The first kappa shape index (κ1) is 14.9. The maximum absolute atomic E-state index is 13.5. The summed E-state index contributed by atoms with van der Waals surface area (Å²) in [6, 6.07) is 1.75. The van der Waals surface area contributed by atoms with Crippen molar-refractivity contribution >= 4 is 33.5 Å². The van der Waals surface area contributed by atoms with Crippen molar-refractivity contribution in [2.24, 2.45) is 17.3 Å². The van der Waals surface area contributed by atoms with Crippen molar-refractivity contribution in [2.75, 3.05) is 5.32 Å². The van der Waals surface area contributed by atoms with E-state index in [4.69, 9.17) is 5.11 Å². The third-order valence-corrected chi connectivity index (χ3v) is 4.25. The minimum absolute atomic E-state index is 0.0130. The van der Waals surface area contributed by atoms with Crippen LogP contribution in [-0.2, 0) is 9.59 Å². The van der Waals surface area contributed by atoms with E-state index in [9.17, 15) is 18.4 Å². The molecule has 2 atom stereocenters. The van der Waals surface area contributed by atoms with Crippen molar-refractivity contribution in [1.82, 2.24) is 0 Å². The highest BCUT2D eigenvalue weighted by molar-refractivity contribution is 9.10. The summed E-state index contributed by atoms with van der Waals surface area (Å²) < 4.78 is 26.6. The molecule has 0 heterocycles. The van der Waals surface area contributed by atoms with Gasteiger partial charge in [0.25, 0.3) is 0 Å². The molecule has 1 fully saturated rings. The van der Waals surface area contributed by atoms with Crippen LogP contribution < -0.4 is 5.32 Å². The van der Waals surface area contributed by atoms with Crippen molar-refractivity contribution in [2.45, 2.75) is 13.8 Å². The summed E-state index contributed by atoms with van der Waals surface area (Å²) in [6.45, 7) is 3.32. The third-order valence-electron chi connectivity index (χ3n) is 3.64. The number of rotatable bonds is 3.